The maximum Gasteiger partial charge on any atom is 0.0758 e. The molecule has 0 amide bonds. The molecule has 1 atom stereocenters. The van der Waals surface area contributed by atoms with Gasteiger partial charge in [0.2, 0.25) is 0 Å². The Kier molecular flexibility index (Phi) is 3.39. The van der Waals surface area contributed by atoms with Crippen molar-refractivity contribution in [3.8, 4) is 0 Å². The van der Waals surface area contributed by atoms with Gasteiger partial charge in [-0.3, -0.25) is 14.9 Å². The first-order chi connectivity index (χ1) is 8.84. The third kappa shape index (κ3) is 2.31. The number of thiophene rings is 1. The number of rotatable bonds is 3. The molecule has 0 unspecified atom stereocenters. The summed E-state index contributed by atoms with van der Waals surface area (Å²) in [4.78, 5) is 12.7. The van der Waals surface area contributed by atoms with E-state index >= 15 is 0 Å². The van der Waals surface area contributed by atoms with Crippen LogP contribution < -0.4 is 0 Å². The van der Waals surface area contributed by atoms with E-state index in [1.165, 1.54) is 29.8 Å². The molecule has 4 heteroatoms. The van der Waals surface area contributed by atoms with Gasteiger partial charge in [-0.2, -0.15) is 0 Å². The lowest BCUT2D eigenvalue weighted by Crippen LogP contribution is -2.23. The Hall–Kier alpha value is -1.26. The maximum atomic E-state index is 4.46. The number of aryl methyl sites for hydroxylation is 1. The van der Waals surface area contributed by atoms with E-state index in [0.717, 1.165) is 12.2 Å². The van der Waals surface area contributed by atoms with Gasteiger partial charge >= 0.3 is 0 Å². The molecule has 3 nitrogen and oxygen atoms in total. The Morgan fingerprint density at radius 2 is 2.39 bits per heavy atom. The molecule has 2 aromatic heterocycles. The van der Waals surface area contributed by atoms with E-state index in [-0.39, 0.29) is 0 Å². The van der Waals surface area contributed by atoms with Crippen LogP contribution in [0.1, 0.15) is 35.0 Å². The Labute approximate surface area is 112 Å². The minimum absolute atomic E-state index is 0.445. The standard InChI is InChI=1S/C14H17N3S/c1-11-4-8-18-14(11)10-17-7-2-3-13(17)12-9-15-5-6-16-12/h4-6,8-9,13H,2-3,7,10H2,1H3/t13-/m0/s1. The molecule has 1 fully saturated rings. The molecule has 3 rings (SSSR count). The van der Waals surface area contributed by atoms with Crippen LogP contribution in [-0.4, -0.2) is 21.4 Å². The van der Waals surface area contributed by atoms with Crippen LogP contribution in [0.3, 0.4) is 0 Å². The summed E-state index contributed by atoms with van der Waals surface area (Å²) < 4.78 is 0. The molecule has 0 N–H and O–H groups in total. The summed E-state index contributed by atoms with van der Waals surface area (Å²) >= 11 is 1.86. The first-order valence-corrected chi connectivity index (χ1v) is 7.25. The highest BCUT2D eigenvalue weighted by molar-refractivity contribution is 7.10. The zero-order chi connectivity index (χ0) is 12.4. The average Bonchev–Trinajstić information content (AvgIpc) is 3.01. The summed E-state index contributed by atoms with van der Waals surface area (Å²) in [5, 5.41) is 2.18. The van der Waals surface area contributed by atoms with E-state index in [0.29, 0.717) is 6.04 Å². The molecule has 0 aliphatic carbocycles. The van der Waals surface area contributed by atoms with Gasteiger partial charge in [0.1, 0.15) is 0 Å². The second-order valence-corrected chi connectivity index (χ2v) is 5.79. The van der Waals surface area contributed by atoms with Gasteiger partial charge in [-0.05, 0) is 43.3 Å². The van der Waals surface area contributed by atoms with Crippen LogP contribution in [0.5, 0.6) is 0 Å². The van der Waals surface area contributed by atoms with Crippen molar-refractivity contribution in [1.82, 2.24) is 14.9 Å². The zero-order valence-electron chi connectivity index (χ0n) is 10.5. The van der Waals surface area contributed by atoms with Gasteiger partial charge < -0.3 is 0 Å². The molecule has 1 aliphatic rings. The van der Waals surface area contributed by atoms with Gasteiger partial charge in [0.05, 0.1) is 11.7 Å². The number of aromatic nitrogens is 2. The van der Waals surface area contributed by atoms with E-state index in [4.69, 9.17) is 0 Å². The summed E-state index contributed by atoms with van der Waals surface area (Å²) in [5.41, 5.74) is 2.52. The monoisotopic (exact) mass is 259 g/mol. The van der Waals surface area contributed by atoms with Crippen LogP contribution in [0.15, 0.2) is 30.0 Å². The van der Waals surface area contributed by atoms with Crippen molar-refractivity contribution in [1.29, 1.82) is 0 Å². The molecule has 1 saturated heterocycles. The average molecular weight is 259 g/mol. The Morgan fingerprint density at radius 3 is 3.11 bits per heavy atom. The van der Waals surface area contributed by atoms with Gasteiger partial charge in [0.15, 0.2) is 0 Å². The Bertz CT molecular complexity index is 509. The van der Waals surface area contributed by atoms with Crippen molar-refractivity contribution in [2.24, 2.45) is 0 Å². The molecular weight excluding hydrogens is 242 g/mol. The molecule has 0 aromatic carbocycles. The molecule has 0 spiro atoms. The fourth-order valence-electron chi connectivity index (χ4n) is 2.58. The first-order valence-electron chi connectivity index (χ1n) is 6.37. The van der Waals surface area contributed by atoms with E-state index in [1.54, 1.807) is 12.4 Å². The number of hydrogen-bond donors (Lipinski definition) is 0. The van der Waals surface area contributed by atoms with Crippen molar-refractivity contribution >= 4 is 11.3 Å². The zero-order valence-corrected chi connectivity index (χ0v) is 11.4. The minimum atomic E-state index is 0.445. The van der Waals surface area contributed by atoms with Crippen LogP contribution >= 0.6 is 11.3 Å². The summed E-state index contributed by atoms with van der Waals surface area (Å²) in [5.74, 6) is 0. The van der Waals surface area contributed by atoms with Gasteiger partial charge in [-0.25, -0.2) is 0 Å². The Balaban J connectivity index is 1.78. The quantitative estimate of drug-likeness (QED) is 0.847. The summed E-state index contributed by atoms with van der Waals surface area (Å²) in [7, 11) is 0. The second kappa shape index (κ2) is 5.16. The first kappa shape index (κ1) is 11.8. The second-order valence-electron chi connectivity index (χ2n) is 4.79. The lowest BCUT2D eigenvalue weighted by atomic mass is 10.1. The van der Waals surface area contributed by atoms with Crippen molar-refractivity contribution in [3.63, 3.8) is 0 Å². The highest BCUT2D eigenvalue weighted by Gasteiger charge is 2.27. The van der Waals surface area contributed by atoms with Crippen molar-refractivity contribution < 1.29 is 0 Å². The predicted octanol–water partition coefficient (Wildman–Crippen LogP) is 3.18. The van der Waals surface area contributed by atoms with Crippen molar-refractivity contribution in [2.45, 2.75) is 32.4 Å². The number of hydrogen-bond acceptors (Lipinski definition) is 4. The topological polar surface area (TPSA) is 29.0 Å². The molecule has 2 aromatic rings. The van der Waals surface area contributed by atoms with Crippen molar-refractivity contribution in [2.75, 3.05) is 6.54 Å². The van der Waals surface area contributed by atoms with Gasteiger partial charge in [0.25, 0.3) is 0 Å². The fourth-order valence-corrected chi connectivity index (χ4v) is 3.51. The largest absolute Gasteiger partial charge is 0.290 e. The lowest BCUT2D eigenvalue weighted by Gasteiger charge is -2.23. The number of likely N-dealkylation sites (tertiary alicyclic amines) is 1. The third-order valence-electron chi connectivity index (χ3n) is 3.60. The van der Waals surface area contributed by atoms with Crippen LogP contribution in [0, 0.1) is 6.92 Å². The smallest absolute Gasteiger partial charge is 0.0758 e. The van der Waals surface area contributed by atoms with E-state index in [9.17, 15) is 0 Å². The third-order valence-corrected chi connectivity index (χ3v) is 4.61. The lowest BCUT2D eigenvalue weighted by molar-refractivity contribution is 0.245. The van der Waals surface area contributed by atoms with Gasteiger partial charge in [-0.15, -0.1) is 11.3 Å². The molecule has 94 valence electrons. The normalized spacial score (nSPS) is 20.4. The molecule has 1 aliphatic heterocycles. The van der Waals surface area contributed by atoms with E-state index in [1.807, 2.05) is 17.5 Å². The fraction of sp³-hybridized carbons (Fsp3) is 0.429. The predicted molar refractivity (Wildman–Crippen MR) is 73.5 cm³/mol. The molecule has 0 saturated carbocycles. The Morgan fingerprint density at radius 1 is 1.44 bits per heavy atom. The summed E-state index contributed by atoms with van der Waals surface area (Å²) in [6, 6.07) is 2.65. The van der Waals surface area contributed by atoms with Crippen LogP contribution in [0.2, 0.25) is 0 Å². The molecule has 0 bridgehead atoms. The molecular formula is C14H17N3S. The van der Waals surface area contributed by atoms with E-state index in [2.05, 4.69) is 33.2 Å². The van der Waals surface area contributed by atoms with Crippen LogP contribution in [-0.2, 0) is 6.54 Å². The van der Waals surface area contributed by atoms with Gasteiger partial charge in [0, 0.05) is 30.0 Å². The summed E-state index contributed by atoms with van der Waals surface area (Å²) in [6.45, 7) is 4.41. The van der Waals surface area contributed by atoms with Gasteiger partial charge in [-0.1, -0.05) is 0 Å². The molecule has 0 radical (unpaired) electrons. The molecule has 18 heavy (non-hydrogen) atoms. The maximum absolute atomic E-state index is 4.46. The molecule has 3 heterocycles. The SMILES string of the molecule is Cc1ccsc1CN1CCC[C@H]1c1cnccn1. The van der Waals surface area contributed by atoms with Crippen LogP contribution in [0.25, 0.3) is 0 Å². The summed E-state index contributed by atoms with van der Waals surface area (Å²) in [6.07, 6.45) is 7.90. The van der Waals surface area contributed by atoms with Crippen LogP contribution in [0.4, 0.5) is 0 Å². The van der Waals surface area contributed by atoms with E-state index < -0.39 is 0 Å². The number of nitrogens with zero attached hydrogens (tertiary/aromatic N) is 3. The highest BCUT2D eigenvalue weighted by atomic mass is 32.1. The van der Waals surface area contributed by atoms with Crippen molar-refractivity contribution in [3.05, 3.63) is 46.2 Å². The minimum Gasteiger partial charge on any atom is -0.290 e. The highest BCUT2D eigenvalue weighted by Crippen LogP contribution is 2.32.